The second-order valence-corrected chi connectivity index (χ2v) is 6.21. The third kappa shape index (κ3) is 7.50. The Morgan fingerprint density at radius 1 is 1.30 bits per heavy atom. The fourth-order valence-corrected chi connectivity index (χ4v) is 2.53. The second kappa shape index (κ2) is 11.6. The van der Waals surface area contributed by atoms with E-state index in [2.05, 4.69) is 5.32 Å². The molecule has 1 saturated heterocycles. The summed E-state index contributed by atoms with van der Waals surface area (Å²) < 4.78 is 5.24. The summed E-state index contributed by atoms with van der Waals surface area (Å²) >= 11 is 0. The van der Waals surface area contributed by atoms with Gasteiger partial charge in [0.15, 0.2) is 0 Å². The molecule has 1 rings (SSSR count). The zero-order valence-corrected chi connectivity index (χ0v) is 15.4. The molecule has 6 nitrogen and oxygen atoms in total. The van der Waals surface area contributed by atoms with Crippen molar-refractivity contribution in [3.05, 3.63) is 0 Å². The number of nitrogens with two attached hydrogens (primary N) is 1. The number of amides is 2. The lowest BCUT2D eigenvalue weighted by molar-refractivity contribution is -0.137. The van der Waals surface area contributed by atoms with Crippen molar-refractivity contribution in [2.24, 2.45) is 17.6 Å². The van der Waals surface area contributed by atoms with Gasteiger partial charge in [-0.2, -0.15) is 0 Å². The molecule has 0 spiro atoms. The molecule has 0 aromatic heterocycles. The van der Waals surface area contributed by atoms with Crippen LogP contribution in [-0.4, -0.2) is 55.6 Å². The van der Waals surface area contributed by atoms with Gasteiger partial charge in [0.25, 0.3) is 0 Å². The van der Waals surface area contributed by atoms with Gasteiger partial charge >= 0.3 is 0 Å². The molecule has 0 bridgehead atoms. The largest absolute Gasteiger partial charge is 0.382 e. The molecule has 0 aliphatic carbocycles. The molecular formula is C16H32ClN3O3. The van der Waals surface area contributed by atoms with Crippen molar-refractivity contribution in [3.8, 4) is 0 Å². The third-order valence-corrected chi connectivity index (χ3v) is 4.15. The van der Waals surface area contributed by atoms with E-state index in [4.69, 9.17) is 10.5 Å². The zero-order valence-electron chi connectivity index (χ0n) is 14.5. The maximum absolute atomic E-state index is 12.2. The number of carbonyl (C=O) groups excluding carboxylic acids is 2. The Kier molecular flexibility index (Phi) is 11.2. The number of rotatable bonds is 8. The van der Waals surface area contributed by atoms with Gasteiger partial charge in [0.05, 0.1) is 6.04 Å². The summed E-state index contributed by atoms with van der Waals surface area (Å²) in [5.41, 5.74) is 5.91. The molecular weight excluding hydrogens is 318 g/mol. The van der Waals surface area contributed by atoms with Gasteiger partial charge in [0, 0.05) is 38.8 Å². The highest BCUT2D eigenvalue weighted by Crippen LogP contribution is 2.18. The molecule has 0 saturated carbocycles. The average Bonchev–Trinajstić information content (AvgIpc) is 2.53. The topological polar surface area (TPSA) is 84.7 Å². The first-order valence-corrected chi connectivity index (χ1v) is 8.37. The van der Waals surface area contributed by atoms with Crippen LogP contribution in [0.2, 0.25) is 0 Å². The van der Waals surface area contributed by atoms with E-state index < -0.39 is 6.04 Å². The Hall–Kier alpha value is -0.850. The van der Waals surface area contributed by atoms with Gasteiger partial charge < -0.3 is 20.7 Å². The number of ether oxygens (including phenoxy) is 1. The summed E-state index contributed by atoms with van der Waals surface area (Å²) in [6, 6.07) is -0.441. The summed E-state index contributed by atoms with van der Waals surface area (Å²) in [6.45, 7) is 9.13. The monoisotopic (exact) mass is 349 g/mol. The fourth-order valence-electron chi connectivity index (χ4n) is 2.53. The van der Waals surface area contributed by atoms with Crippen LogP contribution in [-0.2, 0) is 14.3 Å². The Morgan fingerprint density at radius 2 is 1.91 bits per heavy atom. The molecule has 0 aromatic carbocycles. The van der Waals surface area contributed by atoms with Crippen LogP contribution in [0.15, 0.2) is 0 Å². The first kappa shape index (κ1) is 22.1. The SMILES string of the molecule is CCOCCCNC(=O)C1CCN(C(=O)[C@@H](N)C(C)C)CC1.Cl. The summed E-state index contributed by atoms with van der Waals surface area (Å²) in [5, 5.41) is 2.95. The molecule has 7 heteroatoms. The van der Waals surface area contributed by atoms with Gasteiger partial charge in [0.2, 0.25) is 11.8 Å². The first-order valence-electron chi connectivity index (χ1n) is 8.37. The summed E-state index contributed by atoms with van der Waals surface area (Å²) in [4.78, 5) is 26.0. The second-order valence-electron chi connectivity index (χ2n) is 6.21. The minimum atomic E-state index is -0.441. The van der Waals surface area contributed by atoms with Gasteiger partial charge in [-0.1, -0.05) is 13.8 Å². The lowest BCUT2D eigenvalue weighted by Gasteiger charge is -2.33. The summed E-state index contributed by atoms with van der Waals surface area (Å²) in [6.07, 6.45) is 2.27. The van der Waals surface area contributed by atoms with Crippen molar-refractivity contribution in [1.82, 2.24) is 10.2 Å². The van der Waals surface area contributed by atoms with Crippen LogP contribution in [0, 0.1) is 11.8 Å². The predicted molar refractivity (Wildman–Crippen MR) is 93.5 cm³/mol. The zero-order chi connectivity index (χ0) is 16.5. The van der Waals surface area contributed by atoms with Crippen molar-refractivity contribution in [2.75, 3.05) is 32.8 Å². The van der Waals surface area contributed by atoms with Gasteiger partial charge in [-0.15, -0.1) is 12.4 Å². The van der Waals surface area contributed by atoms with E-state index in [9.17, 15) is 9.59 Å². The molecule has 1 atom stereocenters. The Bertz CT molecular complexity index is 358. The Balaban J connectivity index is 0.00000484. The van der Waals surface area contributed by atoms with Crippen LogP contribution in [0.1, 0.15) is 40.0 Å². The van der Waals surface area contributed by atoms with Crippen molar-refractivity contribution < 1.29 is 14.3 Å². The van der Waals surface area contributed by atoms with E-state index >= 15 is 0 Å². The standard InChI is InChI=1S/C16H31N3O3.ClH/c1-4-22-11-5-8-18-15(20)13-6-9-19(10-7-13)16(21)14(17)12(2)3;/h12-14H,4-11,17H2,1-3H3,(H,18,20);1H/t14-;/m0./s1. The van der Waals surface area contributed by atoms with E-state index in [0.29, 0.717) is 45.7 Å². The first-order chi connectivity index (χ1) is 10.5. The maximum Gasteiger partial charge on any atom is 0.239 e. The van der Waals surface area contributed by atoms with E-state index in [0.717, 1.165) is 6.42 Å². The third-order valence-electron chi connectivity index (χ3n) is 4.15. The maximum atomic E-state index is 12.2. The van der Waals surface area contributed by atoms with Crippen molar-refractivity contribution in [3.63, 3.8) is 0 Å². The number of carbonyl (C=O) groups is 2. The molecule has 2 amide bonds. The number of hydrogen-bond donors (Lipinski definition) is 2. The van der Waals surface area contributed by atoms with E-state index in [1.807, 2.05) is 20.8 Å². The number of hydrogen-bond acceptors (Lipinski definition) is 4. The molecule has 1 fully saturated rings. The van der Waals surface area contributed by atoms with Crippen LogP contribution < -0.4 is 11.1 Å². The summed E-state index contributed by atoms with van der Waals surface area (Å²) in [7, 11) is 0. The molecule has 136 valence electrons. The van der Waals surface area contributed by atoms with E-state index in [1.54, 1.807) is 4.90 Å². The predicted octanol–water partition coefficient (Wildman–Crippen LogP) is 1.17. The molecule has 23 heavy (non-hydrogen) atoms. The van der Waals surface area contributed by atoms with Crippen LogP contribution in [0.25, 0.3) is 0 Å². The quantitative estimate of drug-likeness (QED) is 0.644. The van der Waals surface area contributed by atoms with Crippen molar-refractivity contribution in [1.29, 1.82) is 0 Å². The average molecular weight is 350 g/mol. The van der Waals surface area contributed by atoms with Gasteiger partial charge in [0.1, 0.15) is 0 Å². The van der Waals surface area contributed by atoms with Crippen molar-refractivity contribution in [2.45, 2.75) is 46.1 Å². The normalized spacial score (nSPS) is 16.8. The molecule has 1 aliphatic rings. The highest BCUT2D eigenvalue weighted by atomic mass is 35.5. The molecule has 0 unspecified atom stereocenters. The number of nitrogens with zero attached hydrogens (tertiary/aromatic N) is 1. The molecule has 1 aliphatic heterocycles. The Labute approximate surface area is 145 Å². The summed E-state index contributed by atoms with van der Waals surface area (Å²) in [5.74, 6) is 0.243. The smallest absolute Gasteiger partial charge is 0.239 e. The fraction of sp³-hybridized carbons (Fsp3) is 0.875. The lowest BCUT2D eigenvalue weighted by Crippen LogP contribution is -2.50. The molecule has 0 radical (unpaired) electrons. The van der Waals surface area contributed by atoms with Gasteiger partial charge in [-0.05, 0) is 32.1 Å². The van der Waals surface area contributed by atoms with E-state index in [-0.39, 0.29) is 36.1 Å². The number of likely N-dealkylation sites (tertiary alicyclic amines) is 1. The highest BCUT2D eigenvalue weighted by molar-refractivity contribution is 5.85. The highest BCUT2D eigenvalue weighted by Gasteiger charge is 2.30. The van der Waals surface area contributed by atoms with Gasteiger partial charge in [-0.25, -0.2) is 0 Å². The molecule has 3 N–H and O–H groups in total. The number of nitrogens with one attached hydrogen (secondary N) is 1. The van der Waals surface area contributed by atoms with Crippen LogP contribution in [0.5, 0.6) is 0 Å². The lowest BCUT2D eigenvalue weighted by atomic mass is 9.94. The minimum Gasteiger partial charge on any atom is -0.382 e. The minimum absolute atomic E-state index is 0. The van der Waals surface area contributed by atoms with Gasteiger partial charge in [-0.3, -0.25) is 9.59 Å². The van der Waals surface area contributed by atoms with Crippen LogP contribution in [0.4, 0.5) is 0 Å². The molecule has 1 heterocycles. The van der Waals surface area contributed by atoms with E-state index in [1.165, 1.54) is 0 Å². The van der Waals surface area contributed by atoms with Crippen molar-refractivity contribution >= 4 is 24.2 Å². The molecule has 0 aromatic rings. The Morgan fingerprint density at radius 3 is 2.43 bits per heavy atom. The number of halogens is 1. The van der Waals surface area contributed by atoms with Crippen LogP contribution in [0.3, 0.4) is 0 Å². The number of piperidine rings is 1. The van der Waals surface area contributed by atoms with Crippen LogP contribution >= 0.6 is 12.4 Å².